The number of hydrogen-bond acceptors (Lipinski definition) is 5. The van der Waals surface area contributed by atoms with Crippen LogP contribution in [0.3, 0.4) is 0 Å². The molecule has 0 aliphatic carbocycles. The van der Waals surface area contributed by atoms with Gasteiger partial charge in [-0.1, -0.05) is 13.0 Å². The van der Waals surface area contributed by atoms with E-state index in [1.807, 2.05) is 18.2 Å². The van der Waals surface area contributed by atoms with Crippen molar-refractivity contribution in [2.75, 3.05) is 14.2 Å². The Labute approximate surface area is 122 Å². The maximum absolute atomic E-state index is 10.8. The largest absolute Gasteiger partial charge is 0.493 e. The standard InChI is InChI=1S/C15H17NO3S/c1-4-11(14-8-16-15(9-17)20-14)10-5-6-12(18-2)13(7-10)19-3/h5-9,11H,4H2,1-3H3. The number of benzene rings is 1. The summed E-state index contributed by atoms with van der Waals surface area (Å²) in [6.07, 6.45) is 3.49. The third-order valence-electron chi connectivity index (χ3n) is 3.20. The zero-order valence-corrected chi connectivity index (χ0v) is 12.6. The molecular weight excluding hydrogens is 274 g/mol. The Morgan fingerprint density at radius 1 is 1.30 bits per heavy atom. The van der Waals surface area contributed by atoms with Crippen LogP contribution in [0.25, 0.3) is 0 Å². The molecule has 5 heteroatoms. The van der Waals surface area contributed by atoms with Gasteiger partial charge < -0.3 is 9.47 Å². The number of nitrogens with zero attached hydrogens (tertiary/aromatic N) is 1. The van der Waals surface area contributed by atoms with Gasteiger partial charge in [-0.15, -0.1) is 11.3 Å². The SMILES string of the molecule is CCC(c1ccc(OC)c(OC)c1)c1cnc(C=O)s1. The first-order valence-electron chi connectivity index (χ1n) is 6.36. The highest BCUT2D eigenvalue weighted by molar-refractivity contribution is 7.13. The number of hydrogen-bond donors (Lipinski definition) is 0. The van der Waals surface area contributed by atoms with E-state index in [4.69, 9.17) is 9.47 Å². The van der Waals surface area contributed by atoms with E-state index in [1.54, 1.807) is 20.4 Å². The summed E-state index contributed by atoms with van der Waals surface area (Å²) < 4.78 is 10.6. The van der Waals surface area contributed by atoms with Crippen LogP contribution in [0, 0.1) is 0 Å². The highest BCUT2D eigenvalue weighted by atomic mass is 32.1. The second kappa shape index (κ2) is 6.52. The topological polar surface area (TPSA) is 48.4 Å². The molecule has 0 aliphatic rings. The number of methoxy groups -OCH3 is 2. The van der Waals surface area contributed by atoms with E-state index < -0.39 is 0 Å². The molecule has 0 N–H and O–H groups in total. The molecule has 0 amide bonds. The minimum atomic E-state index is 0.209. The van der Waals surface area contributed by atoms with Crippen LogP contribution in [0.1, 0.15) is 39.5 Å². The average molecular weight is 291 g/mol. The fourth-order valence-electron chi connectivity index (χ4n) is 2.19. The van der Waals surface area contributed by atoms with Crippen molar-refractivity contribution in [3.63, 3.8) is 0 Å². The number of rotatable bonds is 6. The zero-order chi connectivity index (χ0) is 14.5. The van der Waals surface area contributed by atoms with Gasteiger partial charge in [0.05, 0.1) is 14.2 Å². The highest BCUT2D eigenvalue weighted by Crippen LogP contribution is 2.36. The van der Waals surface area contributed by atoms with E-state index in [1.165, 1.54) is 11.3 Å². The molecular formula is C15H17NO3S. The lowest BCUT2D eigenvalue weighted by molar-refractivity contribution is 0.112. The van der Waals surface area contributed by atoms with Crippen molar-refractivity contribution < 1.29 is 14.3 Å². The Balaban J connectivity index is 2.38. The van der Waals surface area contributed by atoms with Crippen molar-refractivity contribution >= 4 is 17.6 Å². The maximum atomic E-state index is 10.8. The predicted octanol–water partition coefficient (Wildman–Crippen LogP) is 3.51. The molecule has 1 atom stereocenters. The van der Waals surface area contributed by atoms with Crippen molar-refractivity contribution in [3.05, 3.63) is 39.8 Å². The van der Waals surface area contributed by atoms with Crippen molar-refractivity contribution in [2.24, 2.45) is 0 Å². The summed E-state index contributed by atoms with van der Waals surface area (Å²) in [5, 5.41) is 0.513. The van der Waals surface area contributed by atoms with Gasteiger partial charge in [0.2, 0.25) is 0 Å². The first-order chi connectivity index (χ1) is 9.73. The lowest BCUT2D eigenvalue weighted by atomic mass is 9.95. The summed E-state index contributed by atoms with van der Waals surface area (Å²) in [5.74, 6) is 1.63. The molecule has 0 saturated carbocycles. The maximum Gasteiger partial charge on any atom is 0.178 e. The molecule has 1 aromatic carbocycles. The Bertz CT molecular complexity index is 595. The number of carbonyl (C=O) groups excluding carboxylic acids is 1. The zero-order valence-electron chi connectivity index (χ0n) is 11.8. The summed E-state index contributed by atoms with van der Waals surface area (Å²) in [5.41, 5.74) is 1.13. The smallest absolute Gasteiger partial charge is 0.178 e. The second-order valence-corrected chi connectivity index (χ2v) is 5.39. The predicted molar refractivity (Wildman–Crippen MR) is 79.2 cm³/mol. The second-order valence-electron chi connectivity index (χ2n) is 4.29. The molecule has 106 valence electrons. The number of aromatic nitrogens is 1. The van der Waals surface area contributed by atoms with E-state index in [-0.39, 0.29) is 5.92 Å². The monoisotopic (exact) mass is 291 g/mol. The molecule has 2 rings (SSSR count). The molecule has 0 bridgehead atoms. The third kappa shape index (κ3) is 2.82. The van der Waals surface area contributed by atoms with E-state index in [0.717, 1.165) is 23.1 Å². The first kappa shape index (κ1) is 14.5. The van der Waals surface area contributed by atoms with Crippen LogP contribution in [0.15, 0.2) is 24.4 Å². The fraction of sp³-hybridized carbons (Fsp3) is 0.333. The van der Waals surface area contributed by atoms with E-state index in [2.05, 4.69) is 11.9 Å². The normalized spacial score (nSPS) is 11.9. The summed E-state index contributed by atoms with van der Waals surface area (Å²) in [6, 6.07) is 5.90. The first-order valence-corrected chi connectivity index (χ1v) is 7.18. The fourth-order valence-corrected chi connectivity index (χ4v) is 3.13. The number of ether oxygens (including phenoxy) is 2. The number of aldehydes is 1. The van der Waals surface area contributed by atoms with Crippen LogP contribution in [-0.4, -0.2) is 25.5 Å². The molecule has 4 nitrogen and oxygen atoms in total. The van der Waals surface area contributed by atoms with Gasteiger partial charge in [0.25, 0.3) is 0 Å². The summed E-state index contributed by atoms with van der Waals surface area (Å²) in [4.78, 5) is 15.9. The summed E-state index contributed by atoms with van der Waals surface area (Å²) in [7, 11) is 3.24. The molecule has 0 aliphatic heterocycles. The Hall–Kier alpha value is -1.88. The molecule has 0 saturated heterocycles. The van der Waals surface area contributed by atoms with Crippen molar-refractivity contribution in [1.82, 2.24) is 4.98 Å². The molecule has 1 unspecified atom stereocenters. The van der Waals surface area contributed by atoms with Gasteiger partial charge in [-0.25, -0.2) is 4.98 Å². The van der Waals surface area contributed by atoms with Gasteiger partial charge in [-0.2, -0.15) is 0 Å². The lowest BCUT2D eigenvalue weighted by Crippen LogP contribution is -1.99. The number of thiazole rings is 1. The Kier molecular flexibility index (Phi) is 4.74. The van der Waals surface area contributed by atoms with Gasteiger partial charge in [0.1, 0.15) is 0 Å². The van der Waals surface area contributed by atoms with Gasteiger partial charge in [-0.3, -0.25) is 4.79 Å². The van der Waals surface area contributed by atoms with Crippen LogP contribution in [0.5, 0.6) is 11.5 Å². The van der Waals surface area contributed by atoms with Crippen molar-refractivity contribution in [1.29, 1.82) is 0 Å². The highest BCUT2D eigenvalue weighted by Gasteiger charge is 2.17. The third-order valence-corrected chi connectivity index (χ3v) is 4.24. The minimum absolute atomic E-state index is 0.209. The van der Waals surface area contributed by atoms with E-state index in [0.29, 0.717) is 16.5 Å². The molecule has 20 heavy (non-hydrogen) atoms. The quantitative estimate of drug-likeness (QED) is 0.764. The van der Waals surface area contributed by atoms with Crippen LogP contribution in [0.2, 0.25) is 0 Å². The molecule has 1 heterocycles. The van der Waals surface area contributed by atoms with Gasteiger partial charge in [-0.05, 0) is 24.1 Å². The van der Waals surface area contributed by atoms with Gasteiger partial charge in [0, 0.05) is 17.0 Å². The molecule has 1 aromatic heterocycles. The van der Waals surface area contributed by atoms with Crippen molar-refractivity contribution in [2.45, 2.75) is 19.3 Å². The van der Waals surface area contributed by atoms with Crippen LogP contribution in [-0.2, 0) is 0 Å². The Morgan fingerprint density at radius 3 is 2.60 bits per heavy atom. The van der Waals surface area contributed by atoms with Crippen LogP contribution < -0.4 is 9.47 Å². The molecule has 0 radical (unpaired) electrons. The minimum Gasteiger partial charge on any atom is -0.493 e. The van der Waals surface area contributed by atoms with E-state index >= 15 is 0 Å². The van der Waals surface area contributed by atoms with Crippen LogP contribution >= 0.6 is 11.3 Å². The molecule has 0 spiro atoms. The van der Waals surface area contributed by atoms with Crippen LogP contribution in [0.4, 0.5) is 0 Å². The van der Waals surface area contributed by atoms with Crippen molar-refractivity contribution in [3.8, 4) is 11.5 Å². The molecule has 2 aromatic rings. The summed E-state index contributed by atoms with van der Waals surface area (Å²) >= 11 is 1.43. The molecule has 0 fully saturated rings. The lowest BCUT2D eigenvalue weighted by Gasteiger charge is -2.15. The average Bonchev–Trinajstić information content (AvgIpc) is 2.96. The summed E-state index contributed by atoms with van der Waals surface area (Å²) in [6.45, 7) is 2.11. The van der Waals surface area contributed by atoms with Gasteiger partial charge >= 0.3 is 0 Å². The van der Waals surface area contributed by atoms with Gasteiger partial charge in [0.15, 0.2) is 22.8 Å². The number of carbonyl (C=O) groups is 1. The van der Waals surface area contributed by atoms with E-state index in [9.17, 15) is 4.79 Å². The Morgan fingerprint density at radius 2 is 2.05 bits per heavy atom.